The summed E-state index contributed by atoms with van der Waals surface area (Å²) in [4.78, 5) is 4.54. The number of hydrogen-bond donors (Lipinski definition) is 1. The number of hydrogen-bond acceptors (Lipinski definition) is 2. The van der Waals surface area contributed by atoms with Gasteiger partial charge in [0.15, 0.2) is 0 Å². The molecule has 0 aliphatic heterocycles. The third kappa shape index (κ3) is 4.31. The second-order valence-corrected chi connectivity index (χ2v) is 5.76. The first-order chi connectivity index (χ1) is 9.69. The third-order valence-electron chi connectivity index (χ3n) is 3.79. The van der Waals surface area contributed by atoms with Gasteiger partial charge in [-0.3, -0.25) is 4.98 Å². The molecule has 2 rings (SSSR count). The highest BCUT2D eigenvalue weighted by atomic mass is 14.9. The van der Waals surface area contributed by atoms with E-state index in [1.165, 1.54) is 36.6 Å². The number of pyridine rings is 1. The van der Waals surface area contributed by atoms with E-state index in [0.29, 0.717) is 6.04 Å². The fourth-order valence-corrected chi connectivity index (χ4v) is 2.48. The Balaban J connectivity index is 1.91. The Morgan fingerprint density at radius 2 is 2.00 bits per heavy atom. The highest BCUT2D eigenvalue weighted by molar-refractivity contribution is 5.79. The Morgan fingerprint density at radius 3 is 2.80 bits per heavy atom. The number of nitrogens with zero attached hydrogens (tertiary/aromatic N) is 1. The summed E-state index contributed by atoms with van der Waals surface area (Å²) >= 11 is 0. The Hall–Kier alpha value is -1.41. The van der Waals surface area contributed by atoms with Gasteiger partial charge in [-0.2, -0.15) is 0 Å². The smallest absolute Gasteiger partial charge is 0.0705 e. The van der Waals surface area contributed by atoms with Gasteiger partial charge in [0, 0.05) is 23.7 Å². The minimum absolute atomic E-state index is 0.591. The zero-order valence-corrected chi connectivity index (χ0v) is 12.9. The van der Waals surface area contributed by atoms with Crippen LogP contribution in [-0.4, -0.2) is 11.0 Å². The van der Waals surface area contributed by atoms with E-state index in [9.17, 15) is 0 Å². The lowest BCUT2D eigenvalue weighted by Crippen LogP contribution is -2.25. The van der Waals surface area contributed by atoms with Crippen LogP contribution >= 0.6 is 0 Å². The molecule has 1 aromatic carbocycles. The number of aromatic nitrogens is 1. The standard InChI is InChI=1S/C18H26N2/c1-4-5-6-7-14(2)19-13-16-9-11-18-17(12-16)10-8-15(3)20-18/h8-12,14,19H,4-7,13H2,1-3H3. The van der Waals surface area contributed by atoms with Crippen molar-refractivity contribution in [2.75, 3.05) is 0 Å². The molecule has 2 heteroatoms. The predicted octanol–water partition coefficient (Wildman–Crippen LogP) is 4.60. The first-order valence-electron chi connectivity index (χ1n) is 7.78. The highest BCUT2D eigenvalue weighted by Gasteiger charge is 2.02. The second-order valence-electron chi connectivity index (χ2n) is 5.76. The lowest BCUT2D eigenvalue weighted by molar-refractivity contribution is 0.487. The lowest BCUT2D eigenvalue weighted by atomic mass is 10.1. The normalized spacial score (nSPS) is 12.8. The molecule has 0 aliphatic carbocycles. The third-order valence-corrected chi connectivity index (χ3v) is 3.79. The maximum atomic E-state index is 4.54. The Bertz CT molecular complexity index is 548. The van der Waals surface area contributed by atoms with Gasteiger partial charge in [-0.15, -0.1) is 0 Å². The molecular weight excluding hydrogens is 244 g/mol. The summed E-state index contributed by atoms with van der Waals surface area (Å²) in [5, 5.41) is 4.84. The maximum absolute atomic E-state index is 4.54. The molecule has 0 radical (unpaired) electrons. The average molecular weight is 270 g/mol. The van der Waals surface area contributed by atoms with Gasteiger partial charge in [-0.25, -0.2) is 0 Å². The van der Waals surface area contributed by atoms with E-state index in [2.05, 4.69) is 54.5 Å². The summed E-state index contributed by atoms with van der Waals surface area (Å²) in [6.07, 6.45) is 5.23. The van der Waals surface area contributed by atoms with E-state index in [4.69, 9.17) is 0 Å². The molecule has 20 heavy (non-hydrogen) atoms. The van der Waals surface area contributed by atoms with Crippen LogP contribution in [0.2, 0.25) is 0 Å². The van der Waals surface area contributed by atoms with Crippen molar-refractivity contribution in [3.8, 4) is 0 Å². The largest absolute Gasteiger partial charge is 0.310 e. The molecule has 0 saturated heterocycles. The van der Waals surface area contributed by atoms with Gasteiger partial charge in [-0.05, 0) is 44.0 Å². The predicted molar refractivity (Wildman–Crippen MR) is 86.9 cm³/mol. The summed E-state index contributed by atoms with van der Waals surface area (Å²) in [6.45, 7) is 7.51. The van der Waals surface area contributed by atoms with Crippen LogP contribution in [0.3, 0.4) is 0 Å². The number of fused-ring (bicyclic) bond motifs is 1. The van der Waals surface area contributed by atoms with Crippen molar-refractivity contribution in [1.29, 1.82) is 0 Å². The fourth-order valence-electron chi connectivity index (χ4n) is 2.48. The first kappa shape index (κ1) is 15.0. The Morgan fingerprint density at radius 1 is 1.15 bits per heavy atom. The number of nitrogens with one attached hydrogen (secondary N) is 1. The number of benzene rings is 1. The highest BCUT2D eigenvalue weighted by Crippen LogP contribution is 2.15. The van der Waals surface area contributed by atoms with E-state index in [1.54, 1.807) is 0 Å². The van der Waals surface area contributed by atoms with Crippen LogP contribution in [0.5, 0.6) is 0 Å². The molecule has 0 fully saturated rings. The topological polar surface area (TPSA) is 24.9 Å². The monoisotopic (exact) mass is 270 g/mol. The summed E-state index contributed by atoms with van der Waals surface area (Å²) in [6, 6.07) is 11.4. The van der Waals surface area contributed by atoms with Gasteiger partial charge in [0.1, 0.15) is 0 Å². The van der Waals surface area contributed by atoms with Gasteiger partial charge >= 0.3 is 0 Å². The summed E-state index contributed by atoms with van der Waals surface area (Å²) in [7, 11) is 0. The first-order valence-corrected chi connectivity index (χ1v) is 7.78. The van der Waals surface area contributed by atoms with Crippen LogP contribution in [0.4, 0.5) is 0 Å². The van der Waals surface area contributed by atoms with Crippen molar-refractivity contribution >= 4 is 10.9 Å². The Labute approximate surface area is 122 Å². The van der Waals surface area contributed by atoms with Crippen molar-refractivity contribution in [2.45, 2.75) is 59.0 Å². The number of rotatable bonds is 7. The van der Waals surface area contributed by atoms with E-state index >= 15 is 0 Å². The minimum atomic E-state index is 0.591. The molecule has 1 unspecified atom stereocenters. The quantitative estimate of drug-likeness (QED) is 0.744. The minimum Gasteiger partial charge on any atom is -0.310 e. The second kappa shape index (κ2) is 7.39. The van der Waals surface area contributed by atoms with Gasteiger partial charge in [0.05, 0.1) is 5.52 Å². The van der Waals surface area contributed by atoms with Gasteiger partial charge < -0.3 is 5.32 Å². The molecule has 1 heterocycles. The average Bonchev–Trinajstić information content (AvgIpc) is 2.45. The van der Waals surface area contributed by atoms with Crippen LogP contribution in [0.1, 0.15) is 50.8 Å². The van der Waals surface area contributed by atoms with Gasteiger partial charge in [0.25, 0.3) is 0 Å². The van der Waals surface area contributed by atoms with Crippen LogP contribution in [0.15, 0.2) is 30.3 Å². The molecule has 0 amide bonds. The van der Waals surface area contributed by atoms with Crippen molar-refractivity contribution in [1.82, 2.24) is 10.3 Å². The van der Waals surface area contributed by atoms with Crippen LogP contribution in [0, 0.1) is 6.92 Å². The summed E-state index contributed by atoms with van der Waals surface area (Å²) in [5.41, 5.74) is 3.50. The van der Waals surface area contributed by atoms with Gasteiger partial charge in [-0.1, -0.05) is 38.3 Å². The number of unbranched alkanes of at least 4 members (excludes halogenated alkanes) is 2. The molecule has 0 saturated carbocycles. The molecule has 0 spiro atoms. The van der Waals surface area contributed by atoms with Crippen molar-refractivity contribution in [3.63, 3.8) is 0 Å². The molecule has 0 bridgehead atoms. The lowest BCUT2D eigenvalue weighted by Gasteiger charge is -2.14. The van der Waals surface area contributed by atoms with E-state index in [-0.39, 0.29) is 0 Å². The van der Waals surface area contributed by atoms with Gasteiger partial charge in [0.2, 0.25) is 0 Å². The fraction of sp³-hybridized carbons (Fsp3) is 0.500. The Kier molecular flexibility index (Phi) is 5.54. The van der Waals surface area contributed by atoms with Crippen LogP contribution in [0.25, 0.3) is 10.9 Å². The van der Waals surface area contributed by atoms with E-state index < -0.39 is 0 Å². The maximum Gasteiger partial charge on any atom is 0.0705 e. The van der Waals surface area contributed by atoms with Crippen LogP contribution in [-0.2, 0) is 6.54 Å². The van der Waals surface area contributed by atoms with Crippen LogP contribution < -0.4 is 5.32 Å². The SMILES string of the molecule is CCCCCC(C)NCc1ccc2nc(C)ccc2c1. The molecule has 2 nitrogen and oxygen atoms in total. The molecule has 1 N–H and O–H groups in total. The van der Waals surface area contributed by atoms with Crippen molar-refractivity contribution in [2.24, 2.45) is 0 Å². The molecule has 1 aromatic heterocycles. The molecule has 2 aromatic rings. The molecule has 0 aliphatic rings. The van der Waals surface area contributed by atoms with Crippen molar-refractivity contribution < 1.29 is 0 Å². The van der Waals surface area contributed by atoms with E-state index in [0.717, 1.165) is 17.8 Å². The molecular formula is C18H26N2. The molecule has 108 valence electrons. The van der Waals surface area contributed by atoms with E-state index in [1.807, 2.05) is 6.92 Å². The number of aryl methyl sites for hydroxylation is 1. The summed E-state index contributed by atoms with van der Waals surface area (Å²) < 4.78 is 0. The zero-order valence-electron chi connectivity index (χ0n) is 12.9. The van der Waals surface area contributed by atoms with Crippen molar-refractivity contribution in [3.05, 3.63) is 41.6 Å². The molecule has 1 atom stereocenters. The zero-order chi connectivity index (χ0) is 14.4. The summed E-state index contributed by atoms with van der Waals surface area (Å²) in [5.74, 6) is 0.